The lowest BCUT2D eigenvalue weighted by molar-refractivity contribution is -0.138. The Bertz CT molecular complexity index is 1050. The van der Waals surface area contributed by atoms with Crippen molar-refractivity contribution in [3.63, 3.8) is 0 Å². The minimum absolute atomic E-state index is 0.156. The number of carboxylic acids is 1. The molecule has 0 aromatic carbocycles. The third-order valence-electron chi connectivity index (χ3n) is 7.28. The van der Waals surface area contributed by atoms with Gasteiger partial charge in [-0.05, 0) is 50.2 Å². The van der Waals surface area contributed by atoms with Gasteiger partial charge in [0.2, 0.25) is 5.88 Å². The number of nitrogens with zero attached hydrogens (tertiary/aromatic N) is 4. The molecule has 194 valence electrons. The summed E-state index contributed by atoms with van der Waals surface area (Å²) in [5, 5.41) is 9.03. The van der Waals surface area contributed by atoms with Gasteiger partial charge in [0.15, 0.2) is 0 Å². The molecule has 1 amide bonds. The Kier molecular flexibility index (Phi) is 8.72. The van der Waals surface area contributed by atoms with Gasteiger partial charge >= 0.3 is 5.97 Å². The Morgan fingerprint density at radius 3 is 2.61 bits per heavy atom. The zero-order valence-corrected chi connectivity index (χ0v) is 21.1. The van der Waals surface area contributed by atoms with Crippen LogP contribution in [0.2, 0.25) is 0 Å². The van der Waals surface area contributed by atoms with Gasteiger partial charge in [0.05, 0.1) is 18.4 Å². The van der Waals surface area contributed by atoms with Crippen molar-refractivity contribution in [3.05, 3.63) is 35.4 Å². The molecule has 1 fully saturated rings. The second-order valence-electron chi connectivity index (χ2n) is 9.93. The molecule has 4 rings (SSSR count). The van der Waals surface area contributed by atoms with E-state index in [9.17, 15) is 9.59 Å². The van der Waals surface area contributed by atoms with Gasteiger partial charge in [0.25, 0.3) is 5.91 Å². The van der Waals surface area contributed by atoms with E-state index in [0.717, 1.165) is 44.2 Å². The predicted molar refractivity (Wildman–Crippen MR) is 137 cm³/mol. The smallest absolute Gasteiger partial charge is 0.303 e. The number of carbonyl (C=O) groups is 2. The summed E-state index contributed by atoms with van der Waals surface area (Å²) in [7, 11) is 0. The number of anilines is 2. The number of rotatable bonds is 10. The van der Waals surface area contributed by atoms with E-state index in [0.29, 0.717) is 37.0 Å². The molecule has 3 heterocycles. The van der Waals surface area contributed by atoms with Gasteiger partial charge < -0.3 is 20.5 Å². The Morgan fingerprint density at radius 2 is 1.92 bits per heavy atom. The molecule has 0 atom stereocenters. The molecule has 9 nitrogen and oxygen atoms in total. The van der Waals surface area contributed by atoms with Gasteiger partial charge in [-0.15, -0.1) is 0 Å². The number of fused-ring (bicyclic) bond motifs is 1. The van der Waals surface area contributed by atoms with Gasteiger partial charge in [-0.2, -0.15) is 4.98 Å². The van der Waals surface area contributed by atoms with E-state index in [1.165, 1.54) is 19.3 Å². The lowest BCUT2D eigenvalue weighted by atomic mass is 9.79. The van der Waals surface area contributed by atoms with E-state index in [1.807, 2.05) is 12.1 Å². The van der Waals surface area contributed by atoms with E-state index >= 15 is 0 Å². The van der Waals surface area contributed by atoms with Crippen LogP contribution in [0.25, 0.3) is 0 Å². The number of hydrogen-bond acceptors (Lipinski definition) is 7. The summed E-state index contributed by atoms with van der Waals surface area (Å²) in [6, 6.07) is 3.88. The second kappa shape index (κ2) is 12.1. The van der Waals surface area contributed by atoms with Crippen molar-refractivity contribution in [1.82, 2.24) is 15.0 Å². The van der Waals surface area contributed by atoms with E-state index in [1.54, 1.807) is 11.1 Å². The average molecular weight is 496 g/mol. The Hall–Kier alpha value is -3.23. The molecule has 0 radical (unpaired) electrons. The van der Waals surface area contributed by atoms with Crippen LogP contribution in [0, 0.1) is 5.92 Å². The minimum Gasteiger partial charge on any atom is -0.481 e. The average Bonchev–Trinajstić information content (AvgIpc) is 3.03. The number of hydrogen-bond donors (Lipinski definition) is 2. The molecule has 0 unspecified atom stereocenters. The highest BCUT2D eigenvalue weighted by molar-refractivity contribution is 6.10. The summed E-state index contributed by atoms with van der Waals surface area (Å²) < 4.78 is 5.84. The Balaban J connectivity index is 1.42. The second-order valence-corrected chi connectivity index (χ2v) is 9.93. The molecule has 2 aromatic rings. The third kappa shape index (κ3) is 6.30. The van der Waals surface area contributed by atoms with E-state index in [4.69, 9.17) is 15.6 Å². The molecular formula is C27H37N5O4. The fourth-order valence-electron chi connectivity index (χ4n) is 5.23. The standard InChI is InChI=1S/C27H37N5O4/c1-2-3-4-5-6-7-22-30-25(28)24-26(31-22)36-15-14-32(27(24)35)20-12-13-21(29-17-20)19-10-8-18(9-11-19)16-23(33)34/h12-13,17-19H,2-11,14-16H2,1H3,(H,33,34)(H2,28,30,31). The number of amides is 1. The van der Waals surface area contributed by atoms with Crippen LogP contribution in [0.1, 0.15) is 98.9 Å². The van der Waals surface area contributed by atoms with E-state index < -0.39 is 5.97 Å². The summed E-state index contributed by atoms with van der Waals surface area (Å²) in [5.74, 6) is 0.605. The first-order chi connectivity index (χ1) is 17.5. The van der Waals surface area contributed by atoms with Crippen molar-refractivity contribution in [1.29, 1.82) is 0 Å². The number of carbonyl (C=O) groups excluding carboxylic acids is 1. The molecular weight excluding hydrogens is 458 g/mol. The number of carboxylic acid groups (broad SMARTS) is 1. The van der Waals surface area contributed by atoms with Crippen LogP contribution in [0.15, 0.2) is 18.3 Å². The lowest BCUT2D eigenvalue weighted by Gasteiger charge is -2.27. The quantitative estimate of drug-likeness (QED) is 0.451. The van der Waals surface area contributed by atoms with Gasteiger partial charge in [0, 0.05) is 24.5 Å². The molecule has 2 aromatic heterocycles. The minimum atomic E-state index is -0.724. The van der Waals surface area contributed by atoms with Crippen molar-refractivity contribution in [2.45, 2.75) is 83.5 Å². The predicted octanol–water partition coefficient (Wildman–Crippen LogP) is 4.75. The van der Waals surface area contributed by atoms with Gasteiger partial charge in [0.1, 0.15) is 23.8 Å². The first-order valence-corrected chi connectivity index (χ1v) is 13.2. The first kappa shape index (κ1) is 25.9. The van der Waals surface area contributed by atoms with Crippen LogP contribution in [-0.4, -0.2) is 45.1 Å². The highest BCUT2D eigenvalue weighted by Gasteiger charge is 2.30. The number of unbranched alkanes of at least 4 members (excludes halogenated alkanes) is 4. The normalized spacial score (nSPS) is 19.9. The number of ether oxygens (including phenoxy) is 1. The van der Waals surface area contributed by atoms with Crippen molar-refractivity contribution in [2.24, 2.45) is 5.92 Å². The highest BCUT2D eigenvalue weighted by Crippen LogP contribution is 2.37. The Labute approximate surface area is 212 Å². The maximum absolute atomic E-state index is 13.4. The number of aliphatic carboxylic acids is 1. The van der Waals surface area contributed by atoms with Crippen molar-refractivity contribution in [3.8, 4) is 5.88 Å². The monoisotopic (exact) mass is 495 g/mol. The maximum atomic E-state index is 13.4. The first-order valence-electron chi connectivity index (χ1n) is 13.2. The summed E-state index contributed by atoms with van der Waals surface area (Å²) >= 11 is 0. The van der Waals surface area contributed by atoms with Gasteiger partial charge in [-0.25, -0.2) is 4.98 Å². The van der Waals surface area contributed by atoms with Crippen molar-refractivity contribution < 1.29 is 19.4 Å². The molecule has 36 heavy (non-hydrogen) atoms. The molecule has 1 aliphatic heterocycles. The van der Waals surface area contributed by atoms with Crippen LogP contribution in [0.5, 0.6) is 5.88 Å². The van der Waals surface area contributed by atoms with Crippen LogP contribution in [0.4, 0.5) is 11.5 Å². The zero-order chi connectivity index (χ0) is 25.5. The van der Waals surface area contributed by atoms with Gasteiger partial charge in [-0.1, -0.05) is 32.6 Å². The van der Waals surface area contributed by atoms with Crippen LogP contribution < -0.4 is 15.4 Å². The van der Waals surface area contributed by atoms with E-state index in [-0.39, 0.29) is 35.5 Å². The van der Waals surface area contributed by atoms with Crippen molar-refractivity contribution in [2.75, 3.05) is 23.8 Å². The topological polar surface area (TPSA) is 132 Å². The fourth-order valence-corrected chi connectivity index (χ4v) is 5.23. The van der Waals surface area contributed by atoms with Gasteiger partial charge in [-0.3, -0.25) is 14.6 Å². The third-order valence-corrected chi connectivity index (χ3v) is 7.28. The highest BCUT2D eigenvalue weighted by atomic mass is 16.5. The molecule has 2 aliphatic rings. The molecule has 1 aliphatic carbocycles. The maximum Gasteiger partial charge on any atom is 0.303 e. The number of pyridine rings is 1. The number of nitrogens with two attached hydrogens (primary N) is 1. The summed E-state index contributed by atoms with van der Waals surface area (Å²) in [6.45, 7) is 2.86. The molecule has 1 saturated carbocycles. The number of aromatic nitrogens is 3. The molecule has 0 spiro atoms. The Morgan fingerprint density at radius 1 is 1.14 bits per heavy atom. The lowest BCUT2D eigenvalue weighted by Crippen LogP contribution is -2.33. The van der Waals surface area contributed by atoms with Crippen LogP contribution >= 0.6 is 0 Å². The number of aryl methyl sites for hydroxylation is 1. The molecule has 3 N–H and O–H groups in total. The van der Waals surface area contributed by atoms with Crippen LogP contribution in [0.3, 0.4) is 0 Å². The number of nitrogen functional groups attached to an aromatic ring is 1. The molecule has 0 saturated heterocycles. The van der Waals surface area contributed by atoms with E-state index in [2.05, 4.69) is 21.9 Å². The SMILES string of the molecule is CCCCCCCc1nc(N)c2c(n1)OCCN(c1ccc(C3CCC(CC(=O)O)CC3)nc1)C2=O. The fraction of sp³-hybridized carbons (Fsp3) is 0.593. The van der Waals surface area contributed by atoms with Crippen LogP contribution in [-0.2, 0) is 11.2 Å². The summed E-state index contributed by atoms with van der Waals surface area (Å²) in [6.07, 6.45) is 12.1. The van der Waals surface area contributed by atoms with Crippen molar-refractivity contribution >= 4 is 23.4 Å². The zero-order valence-electron chi connectivity index (χ0n) is 21.1. The molecule has 9 heteroatoms. The molecule has 0 bridgehead atoms. The largest absolute Gasteiger partial charge is 0.481 e. The summed E-state index contributed by atoms with van der Waals surface area (Å²) in [5.41, 5.74) is 8.10. The summed E-state index contributed by atoms with van der Waals surface area (Å²) in [4.78, 5) is 39.6.